The van der Waals surface area contributed by atoms with E-state index in [1.165, 1.54) is 24.8 Å². The molecular formula is C16H14N6O2S. The Morgan fingerprint density at radius 3 is 2.40 bits per heavy atom. The highest BCUT2D eigenvalue weighted by molar-refractivity contribution is 7.89. The Labute approximate surface area is 144 Å². The Balaban J connectivity index is 1.98. The largest absolute Gasteiger partial charge is 0.274 e. The van der Waals surface area contributed by atoms with Crippen molar-refractivity contribution in [3.05, 3.63) is 72.3 Å². The summed E-state index contributed by atoms with van der Waals surface area (Å²) in [4.78, 5) is 0.0496. The summed E-state index contributed by atoms with van der Waals surface area (Å²) in [6, 6.07) is 15.5. The zero-order valence-electron chi connectivity index (χ0n) is 13.0. The van der Waals surface area contributed by atoms with Gasteiger partial charge in [-0.15, -0.1) is 10.2 Å². The summed E-state index contributed by atoms with van der Waals surface area (Å²) in [6.07, 6.45) is 3.06. The van der Waals surface area contributed by atoms with E-state index in [0.29, 0.717) is 12.1 Å². The van der Waals surface area contributed by atoms with E-state index >= 15 is 0 Å². The molecule has 9 heteroatoms. The Morgan fingerprint density at radius 1 is 1.12 bits per heavy atom. The van der Waals surface area contributed by atoms with Crippen molar-refractivity contribution in [3.63, 3.8) is 0 Å². The molecule has 3 rings (SSSR count). The van der Waals surface area contributed by atoms with Gasteiger partial charge in [0.05, 0.1) is 28.8 Å². The van der Waals surface area contributed by atoms with Crippen molar-refractivity contribution in [3.8, 4) is 6.07 Å². The van der Waals surface area contributed by atoms with E-state index in [9.17, 15) is 8.42 Å². The van der Waals surface area contributed by atoms with E-state index in [0.717, 1.165) is 11.3 Å². The van der Waals surface area contributed by atoms with Gasteiger partial charge in [0.1, 0.15) is 12.7 Å². The molecule has 0 aliphatic rings. The second kappa shape index (κ2) is 6.72. The number of hydrogen-bond acceptors (Lipinski definition) is 6. The number of benzene rings is 2. The molecule has 0 spiro atoms. The fourth-order valence-electron chi connectivity index (χ4n) is 2.33. The summed E-state index contributed by atoms with van der Waals surface area (Å²) in [7, 11) is -3.77. The summed E-state index contributed by atoms with van der Waals surface area (Å²) in [5.74, 6) is 0. The fraction of sp³-hybridized carbons (Fsp3) is 0.0625. The third-order valence-corrected chi connectivity index (χ3v) is 4.45. The minimum atomic E-state index is -3.77. The number of anilines is 1. The SMILES string of the molecule is N#Cc1ccc(N(Cc2cccc(S(N)(=O)=O)c2)n2cnnc2)cc1. The molecule has 0 saturated heterocycles. The lowest BCUT2D eigenvalue weighted by Gasteiger charge is -2.25. The molecule has 0 saturated carbocycles. The first kappa shape index (κ1) is 16.6. The van der Waals surface area contributed by atoms with Gasteiger partial charge in [0, 0.05) is 0 Å². The van der Waals surface area contributed by atoms with Crippen LogP contribution in [-0.4, -0.2) is 23.3 Å². The second-order valence-electron chi connectivity index (χ2n) is 5.25. The number of nitrogens with two attached hydrogens (primary N) is 1. The van der Waals surface area contributed by atoms with Crippen LogP contribution in [0, 0.1) is 11.3 Å². The molecule has 1 heterocycles. The molecule has 0 aliphatic heterocycles. The number of nitrogens with zero attached hydrogens (tertiary/aromatic N) is 5. The third kappa shape index (κ3) is 3.82. The predicted octanol–water partition coefficient (Wildman–Crippen LogP) is 1.27. The van der Waals surface area contributed by atoms with E-state index < -0.39 is 10.0 Å². The summed E-state index contributed by atoms with van der Waals surface area (Å²) in [6.45, 7) is 0.354. The maximum absolute atomic E-state index is 11.5. The van der Waals surface area contributed by atoms with Crippen molar-refractivity contribution < 1.29 is 8.42 Å². The van der Waals surface area contributed by atoms with E-state index in [1.54, 1.807) is 41.1 Å². The first-order valence-corrected chi connectivity index (χ1v) is 8.76. The van der Waals surface area contributed by atoms with Crippen LogP contribution >= 0.6 is 0 Å². The van der Waals surface area contributed by atoms with Gasteiger partial charge in [-0.2, -0.15) is 5.26 Å². The lowest BCUT2D eigenvalue weighted by atomic mass is 10.2. The zero-order chi connectivity index (χ0) is 17.9. The molecule has 8 nitrogen and oxygen atoms in total. The summed E-state index contributed by atoms with van der Waals surface area (Å²) in [5.41, 5.74) is 2.08. The summed E-state index contributed by atoms with van der Waals surface area (Å²) >= 11 is 0. The normalized spacial score (nSPS) is 11.0. The lowest BCUT2D eigenvalue weighted by molar-refractivity contribution is 0.597. The molecule has 0 bridgehead atoms. The highest BCUT2D eigenvalue weighted by Gasteiger charge is 2.13. The molecule has 0 aliphatic carbocycles. The van der Waals surface area contributed by atoms with E-state index in [-0.39, 0.29) is 4.90 Å². The van der Waals surface area contributed by atoms with Crippen molar-refractivity contribution in [2.75, 3.05) is 5.01 Å². The monoisotopic (exact) mass is 354 g/mol. The van der Waals surface area contributed by atoms with Gasteiger partial charge in [-0.1, -0.05) is 12.1 Å². The summed E-state index contributed by atoms with van der Waals surface area (Å²) < 4.78 is 24.8. The second-order valence-corrected chi connectivity index (χ2v) is 6.81. The molecule has 2 aromatic carbocycles. The average molecular weight is 354 g/mol. The van der Waals surface area contributed by atoms with Gasteiger partial charge in [-0.25, -0.2) is 18.2 Å². The van der Waals surface area contributed by atoms with Gasteiger partial charge < -0.3 is 0 Å². The average Bonchev–Trinajstić information content (AvgIpc) is 3.14. The standard InChI is InChI=1S/C16H14N6O2S/c17-9-13-4-6-15(7-5-13)22(21-11-19-20-12-21)10-14-2-1-3-16(8-14)25(18,23)24/h1-8,11-12H,10H2,(H2,18,23,24). The summed E-state index contributed by atoms with van der Waals surface area (Å²) in [5, 5.41) is 23.6. The van der Waals surface area contributed by atoms with Crippen LogP contribution in [-0.2, 0) is 16.6 Å². The van der Waals surface area contributed by atoms with Gasteiger partial charge in [-0.3, -0.25) is 5.01 Å². The van der Waals surface area contributed by atoms with E-state index in [1.807, 2.05) is 5.01 Å². The zero-order valence-corrected chi connectivity index (χ0v) is 13.8. The van der Waals surface area contributed by atoms with Crippen molar-refractivity contribution >= 4 is 15.7 Å². The van der Waals surface area contributed by atoms with Crippen LogP contribution < -0.4 is 10.1 Å². The van der Waals surface area contributed by atoms with Gasteiger partial charge in [-0.05, 0) is 42.0 Å². The molecule has 2 N–H and O–H groups in total. The molecule has 0 unspecified atom stereocenters. The molecular weight excluding hydrogens is 340 g/mol. The molecule has 25 heavy (non-hydrogen) atoms. The van der Waals surface area contributed by atoms with Crippen LogP contribution in [0.1, 0.15) is 11.1 Å². The van der Waals surface area contributed by atoms with Gasteiger partial charge >= 0.3 is 0 Å². The van der Waals surface area contributed by atoms with Gasteiger partial charge in [0.25, 0.3) is 0 Å². The molecule has 1 aromatic heterocycles. The minimum absolute atomic E-state index is 0.0496. The minimum Gasteiger partial charge on any atom is -0.274 e. The predicted molar refractivity (Wildman–Crippen MR) is 90.6 cm³/mol. The van der Waals surface area contributed by atoms with Crippen LogP contribution in [0.4, 0.5) is 5.69 Å². The molecule has 3 aromatic rings. The smallest absolute Gasteiger partial charge is 0.238 e. The van der Waals surface area contributed by atoms with Crippen molar-refractivity contribution in [2.24, 2.45) is 5.14 Å². The quantitative estimate of drug-likeness (QED) is 0.737. The Kier molecular flexibility index (Phi) is 4.47. The van der Waals surface area contributed by atoms with Gasteiger partial charge in [0.2, 0.25) is 10.0 Å². The number of nitriles is 1. The molecule has 0 fully saturated rings. The third-order valence-electron chi connectivity index (χ3n) is 3.54. The van der Waals surface area contributed by atoms with Crippen LogP contribution in [0.3, 0.4) is 0 Å². The Bertz CT molecular complexity index is 1010. The number of sulfonamides is 1. The van der Waals surface area contributed by atoms with Crippen LogP contribution in [0.5, 0.6) is 0 Å². The molecule has 0 radical (unpaired) electrons. The molecule has 0 atom stereocenters. The van der Waals surface area contributed by atoms with Crippen molar-refractivity contribution in [2.45, 2.75) is 11.4 Å². The molecule has 0 amide bonds. The highest BCUT2D eigenvalue weighted by atomic mass is 32.2. The number of hydrogen-bond donors (Lipinski definition) is 1. The van der Waals surface area contributed by atoms with Crippen LogP contribution in [0.2, 0.25) is 0 Å². The van der Waals surface area contributed by atoms with Crippen molar-refractivity contribution in [1.82, 2.24) is 14.9 Å². The first-order chi connectivity index (χ1) is 12.0. The fourth-order valence-corrected chi connectivity index (χ4v) is 2.91. The highest BCUT2D eigenvalue weighted by Crippen LogP contribution is 2.20. The maximum Gasteiger partial charge on any atom is 0.238 e. The van der Waals surface area contributed by atoms with Crippen LogP contribution in [0.25, 0.3) is 0 Å². The van der Waals surface area contributed by atoms with Gasteiger partial charge in [0.15, 0.2) is 0 Å². The van der Waals surface area contributed by atoms with E-state index in [4.69, 9.17) is 10.4 Å². The Morgan fingerprint density at radius 2 is 1.80 bits per heavy atom. The number of rotatable bonds is 5. The number of aromatic nitrogens is 3. The first-order valence-electron chi connectivity index (χ1n) is 7.22. The topological polar surface area (TPSA) is 118 Å². The van der Waals surface area contributed by atoms with E-state index in [2.05, 4.69) is 16.3 Å². The number of primary sulfonamides is 1. The molecule has 126 valence electrons. The maximum atomic E-state index is 11.5. The Hall–Kier alpha value is -3.22. The van der Waals surface area contributed by atoms with Crippen molar-refractivity contribution in [1.29, 1.82) is 5.26 Å². The van der Waals surface area contributed by atoms with Crippen LogP contribution in [0.15, 0.2) is 66.1 Å². The lowest BCUT2D eigenvalue weighted by Crippen LogP contribution is -2.28.